The summed E-state index contributed by atoms with van der Waals surface area (Å²) in [5.41, 5.74) is 3.06. The lowest BCUT2D eigenvalue weighted by Crippen LogP contribution is -2.62. The van der Waals surface area contributed by atoms with Crippen molar-refractivity contribution in [1.82, 2.24) is 30.2 Å². The Morgan fingerprint density at radius 1 is 0.930 bits per heavy atom. The van der Waals surface area contributed by atoms with E-state index in [1.807, 2.05) is 23.1 Å². The van der Waals surface area contributed by atoms with E-state index in [2.05, 4.69) is 59.0 Å². The minimum atomic E-state index is -1.09. The maximum Gasteiger partial charge on any atom is 0.262 e. The maximum absolute atomic E-state index is 15.4. The van der Waals surface area contributed by atoms with E-state index < -0.39 is 35.5 Å². The maximum atomic E-state index is 15.4. The largest absolute Gasteiger partial charge is 0.368 e. The number of nitrogens with one attached hydrogen (secondary N) is 1. The van der Waals surface area contributed by atoms with Crippen molar-refractivity contribution in [2.24, 2.45) is 5.41 Å². The fourth-order valence-electron chi connectivity index (χ4n) is 9.79. The Morgan fingerprint density at radius 3 is 2.33 bits per heavy atom. The van der Waals surface area contributed by atoms with Gasteiger partial charge in [-0.25, -0.2) is 9.24 Å². The summed E-state index contributed by atoms with van der Waals surface area (Å²) in [7, 11) is 0. The molecule has 7 heterocycles. The van der Waals surface area contributed by atoms with Gasteiger partial charge in [0.1, 0.15) is 11.9 Å². The van der Waals surface area contributed by atoms with Gasteiger partial charge in [-0.15, -0.1) is 5.10 Å². The van der Waals surface area contributed by atoms with Gasteiger partial charge in [-0.2, -0.15) is 5.10 Å². The third kappa shape index (κ3) is 6.87. The molecule has 1 spiro atoms. The number of imide groups is 2. The number of hydrogen-bond acceptors (Lipinski definition) is 11. The average molecular weight is 795 g/mol. The third-order valence-corrected chi connectivity index (χ3v) is 13.3. The number of carbonyl (C=O) groups is 4. The van der Waals surface area contributed by atoms with Crippen LogP contribution in [0.2, 0.25) is 5.02 Å². The summed E-state index contributed by atoms with van der Waals surface area (Å²) in [5.74, 6) is -2.16. The first kappa shape index (κ1) is 37.4. The second kappa shape index (κ2) is 14.6. The van der Waals surface area contributed by atoms with E-state index in [1.54, 1.807) is 0 Å². The van der Waals surface area contributed by atoms with Gasteiger partial charge in [-0.3, -0.25) is 39.2 Å². The number of benzene rings is 2. The SMILES string of the molecule is [C-]#[N+]c1ccc(N2CC3(CCN(c4ccc(CN5CC(N6CCN(c7cc8c(cc7F)C(=O)N(C7CCC(=O)NC7=O)C8=O)CC6)C5)nn4)CC3)C[C@@H]2C)cc1Cl. The molecule has 2 atom stereocenters. The molecule has 1 unspecified atom stereocenters. The second-order valence-electron chi connectivity index (χ2n) is 16.5. The van der Waals surface area contributed by atoms with Gasteiger partial charge in [-0.1, -0.05) is 17.7 Å². The summed E-state index contributed by atoms with van der Waals surface area (Å²) in [6.07, 6.45) is 3.38. The number of carbonyl (C=O) groups excluding carboxylic acids is 4. The third-order valence-electron chi connectivity index (χ3n) is 13.0. The summed E-state index contributed by atoms with van der Waals surface area (Å²) in [4.78, 5) is 66.3. The smallest absolute Gasteiger partial charge is 0.262 e. The monoisotopic (exact) mass is 794 g/mol. The van der Waals surface area contributed by atoms with Crippen molar-refractivity contribution in [3.63, 3.8) is 0 Å². The zero-order valence-corrected chi connectivity index (χ0v) is 32.5. The zero-order chi connectivity index (χ0) is 39.6. The van der Waals surface area contributed by atoms with Crippen molar-refractivity contribution >= 4 is 58.1 Å². The van der Waals surface area contributed by atoms with E-state index in [1.165, 1.54) is 6.07 Å². The molecule has 16 heteroatoms. The van der Waals surface area contributed by atoms with Crippen molar-refractivity contribution in [2.45, 2.75) is 63.7 Å². The number of anilines is 3. The van der Waals surface area contributed by atoms with Gasteiger partial charge in [-0.05, 0) is 74.4 Å². The molecule has 296 valence electrons. The van der Waals surface area contributed by atoms with Crippen LogP contribution in [0.5, 0.6) is 0 Å². The predicted molar refractivity (Wildman–Crippen MR) is 211 cm³/mol. The van der Waals surface area contributed by atoms with Crippen LogP contribution in [0.1, 0.15) is 65.4 Å². The number of amides is 4. The van der Waals surface area contributed by atoms with Gasteiger partial charge in [0.25, 0.3) is 11.8 Å². The lowest BCUT2D eigenvalue weighted by molar-refractivity contribution is -0.136. The fraction of sp³-hybridized carbons (Fsp3) is 0.488. The Bertz CT molecular complexity index is 2180. The number of likely N-dealkylation sites (tertiary alicyclic amines) is 1. The van der Waals surface area contributed by atoms with E-state index >= 15 is 4.39 Å². The highest BCUT2D eigenvalue weighted by atomic mass is 35.5. The summed E-state index contributed by atoms with van der Waals surface area (Å²) in [6.45, 7) is 17.6. The summed E-state index contributed by atoms with van der Waals surface area (Å²) in [5, 5.41) is 11.9. The Labute approximate surface area is 335 Å². The van der Waals surface area contributed by atoms with Crippen LogP contribution in [0.3, 0.4) is 0 Å². The summed E-state index contributed by atoms with van der Waals surface area (Å²) in [6, 6.07) is 12.2. The molecule has 57 heavy (non-hydrogen) atoms. The molecule has 0 saturated carbocycles. The van der Waals surface area contributed by atoms with Crippen molar-refractivity contribution in [1.29, 1.82) is 0 Å². The lowest BCUT2D eigenvalue weighted by Gasteiger charge is -2.48. The first-order valence-corrected chi connectivity index (χ1v) is 20.1. The van der Waals surface area contributed by atoms with Crippen LogP contribution in [-0.2, 0) is 16.1 Å². The van der Waals surface area contributed by atoms with Crippen molar-refractivity contribution < 1.29 is 23.6 Å². The molecule has 14 nitrogen and oxygen atoms in total. The molecule has 6 aliphatic rings. The van der Waals surface area contributed by atoms with E-state index in [-0.39, 0.29) is 35.1 Å². The lowest BCUT2D eigenvalue weighted by atomic mass is 9.77. The number of halogens is 2. The number of fused-ring (bicyclic) bond motifs is 1. The van der Waals surface area contributed by atoms with Crippen LogP contribution in [-0.4, -0.2) is 126 Å². The van der Waals surface area contributed by atoms with Gasteiger partial charge in [0.05, 0.1) is 29.1 Å². The van der Waals surface area contributed by atoms with E-state index in [0.717, 1.165) is 99.8 Å². The molecule has 3 aromatic rings. The molecule has 5 saturated heterocycles. The number of piperazine rings is 1. The Morgan fingerprint density at radius 2 is 1.67 bits per heavy atom. The predicted octanol–water partition coefficient (Wildman–Crippen LogP) is 4.11. The quantitative estimate of drug-likeness (QED) is 0.274. The molecular formula is C41H44ClFN10O4. The topological polar surface area (TPSA) is 130 Å². The van der Waals surface area contributed by atoms with Gasteiger partial charge in [0, 0.05) is 94.7 Å². The molecule has 0 radical (unpaired) electrons. The fourth-order valence-corrected chi connectivity index (χ4v) is 10.0. The van der Waals surface area contributed by atoms with Crippen LogP contribution in [0, 0.1) is 17.8 Å². The average Bonchev–Trinajstić information content (AvgIpc) is 3.63. The second-order valence-corrected chi connectivity index (χ2v) is 16.9. The summed E-state index contributed by atoms with van der Waals surface area (Å²) < 4.78 is 15.4. The van der Waals surface area contributed by atoms with Crippen LogP contribution >= 0.6 is 11.6 Å². The minimum absolute atomic E-state index is 0.0231. The Kier molecular flexibility index (Phi) is 9.61. The molecular weight excluding hydrogens is 751 g/mol. The first-order valence-electron chi connectivity index (χ1n) is 19.8. The first-order chi connectivity index (χ1) is 27.5. The van der Waals surface area contributed by atoms with Gasteiger partial charge in [0.15, 0.2) is 5.82 Å². The minimum Gasteiger partial charge on any atom is -0.368 e. The molecule has 0 aliphatic carbocycles. The van der Waals surface area contributed by atoms with Crippen molar-refractivity contribution in [3.05, 3.63) is 81.5 Å². The van der Waals surface area contributed by atoms with E-state index in [9.17, 15) is 19.2 Å². The Balaban J connectivity index is 0.734. The highest BCUT2D eigenvalue weighted by Gasteiger charge is 2.46. The molecule has 0 bridgehead atoms. The highest BCUT2D eigenvalue weighted by Crippen LogP contribution is 2.46. The van der Waals surface area contributed by atoms with E-state index in [4.69, 9.17) is 18.2 Å². The van der Waals surface area contributed by atoms with Crippen LogP contribution in [0.4, 0.5) is 27.3 Å². The van der Waals surface area contributed by atoms with Crippen LogP contribution < -0.4 is 20.0 Å². The van der Waals surface area contributed by atoms with Crippen molar-refractivity contribution in [3.8, 4) is 0 Å². The molecule has 2 aromatic carbocycles. The molecule has 9 rings (SSSR count). The normalized spacial score (nSPS) is 24.2. The number of nitrogens with zero attached hydrogens (tertiary/aromatic N) is 9. The molecule has 5 fully saturated rings. The van der Waals surface area contributed by atoms with Gasteiger partial charge >= 0.3 is 0 Å². The standard InChI is InChI=1S/C41H44ClFN10O4/c1-25-20-41(24-52(25)27-4-5-33(44-2)31(42)17-27)9-11-51(12-10-41)36-7-3-26(46-47-36)21-48-22-28(23-48)49-13-15-50(16-14-49)35-19-30-29(18-32(35)43)39(56)53(40(30)57)34-6-8-37(54)45-38(34)55/h3-5,7,17-19,25,28,34H,6,8-16,20-24H2,1H3,(H,45,54,55)/t25-,34?/m0/s1. The number of aromatic nitrogens is 2. The van der Waals surface area contributed by atoms with E-state index in [0.29, 0.717) is 35.9 Å². The highest BCUT2D eigenvalue weighted by molar-refractivity contribution is 6.33. The molecule has 1 aromatic heterocycles. The molecule has 4 amide bonds. The number of rotatable bonds is 7. The summed E-state index contributed by atoms with van der Waals surface area (Å²) >= 11 is 6.37. The number of hydrogen-bond donors (Lipinski definition) is 1. The van der Waals surface area contributed by atoms with Crippen LogP contribution in [0.15, 0.2) is 42.5 Å². The van der Waals surface area contributed by atoms with Gasteiger partial charge < -0.3 is 14.7 Å². The zero-order valence-electron chi connectivity index (χ0n) is 31.8. The van der Waals surface area contributed by atoms with Crippen molar-refractivity contribution in [2.75, 3.05) is 73.6 Å². The van der Waals surface area contributed by atoms with Crippen LogP contribution in [0.25, 0.3) is 4.85 Å². The van der Waals surface area contributed by atoms with Gasteiger partial charge in [0.2, 0.25) is 17.5 Å². The molecule has 1 N–H and O–H groups in total. The molecule has 6 aliphatic heterocycles. The number of piperidine rings is 2. The Hall–Kier alpha value is -5.17.